The third-order valence-electron chi connectivity index (χ3n) is 5.64. The minimum absolute atomic E-state index is 0.0721. The first kappa shape index (κ1) is 22.7. The number of rotatable bonds is 4. The third kappa shape index (κ3) is 5.38. The number of nitrogens with zero attached hydrogens (tertiary/aromatic N) is 1. The summed E-state index contributed by atoms with van der Waals surface area (Å²) in [5.74, 6) is -0.310. The van der Waals surface area contributed by atoms with Gasteiger partial charge < -0.3 is 20.1 Å². The molecule has 1 saturated heterocycles. The molecule has 4 nitrogen and oxygen atoms in total. The second-order valence-corrected chi connectivity index (χ2v) is 9.75. The van der Waals surface area contributed by atoms with Crippen LogP contribution in [0.25, 0.3) is 0 Å². The molecule has 0 radical (unpaired) electrons. The van der Waals surface area contributed by atoms with Gasteiger partial charge in [0, 0.05) is 24.3 Å². The Kier molecular flexibility index (Phi) is 6.83. The van der Waals surface area contributed by atoms with Gasteiger partial charge in [0.1, 0.15) is 11.9 Å². The first-order chi connectivity index (χ1) is 14.0. The zero-order valence-electron chi connectivity index (χ0n) is 17.3. The molecule has 1 aliphatic rings. The number of carbonyl (C=O) groups excluding carboxylic acids is 1. The van der Waals surface area contributed by atoms with Crippen LogP contribution in [0.1, 0.15) is 44.7 Å². The molecule has 1 heterocycles. The van der Waals surface area contributed by atoms with Gasteiger partial charge in [-0.15, -0.1) is 0 Å². The summed E-state index contributed by atoms with van der Waals surface area (Å²) >= 11 is 12.1. The third-order valence-corrected chi connectivity index (χ3v) is 6.38. The molecule has 1 N–H and O–H groups in total. The molecule has 0 saturated carbocycles. The lowest BCUT2D eigenvalue weighted by atomic mass is 9.79. The van der Waals surface area contributed by atoms with Crippen LogP contribution in [0.5, 0.6) is 0 Å². The minimum Gasteiger partial charge on any atom is -0.530 e. The van der Waals surface area contributed by atoms with E-state index in [1.54, 1.807) is 18.2 Å². The van der Waals surface area contributed by atoms with Gasteiger partial charge in [0.2, 0.25) is 0 Å². The van der Waals surface area contributed by atoms with Crippen LogP contribution in [-0.2, 0) is 6.42 Å². The van der Waals surface area contributed by atoms with Crippen LogP contribution in [-0.4, -0.2) is 29.6 Å². The van der Waals surface area contributed by atoms with E-state index >= 15 is 0 Å². The highest BCUT2D eigenvalue weighted by Gasteiger charge is 2.36. The number of likely N-dealkylation sites (tertiary alicyclic amines) is 1. The lowest BCUT2D eigenvalue weighted by Crippen LogP contribution is -2.57. The number of amides is 1. The molecule has 1 aliphatic heterocycles. The number of anilines is 1. The van der Waals surface area contributed by atoms with Crippen molar-refractivity contribution in [3.63, 3.8) is 0 Å². The SMILES string of the molecule is CC(C)(C)C1CC(Nc2ccc(F)cc2Cc2ccc(Cl)c(Cl)c2)CCN1C(=O)[O-]. The lowest BCUT2D eigenvalue weighted by molar-refractivity contribution is -0.271. The van der Waals surface area contributed by atoms with Crippen LogP contribution in [0.15, 0.2) is 36.4 Å². The van der Waals surface area contributed by atoms with E-state index in [1.165, 1.54) is 17.0 Å². The average molecular weight is 452 g/mol. The van der Waals surface area contributed by atoms with E-state index in [4.69, 9.17) is 23.2 Å². The normalized spacial score (nSPS) is 19.6. The molecule has 2 unspecified atom stereocenters. The Balaban J connectivity index is 1.81. The second kappa shape index (κ2) is 9.03. The van der Waals surface area contributed by atoms with Crippen molar-refractivity contribution in [2.75, 3.05) is 11.9 Å². The standard InChI is InChI=1S/C23H27Cl2FN2O2/c1-23(2,3)21-13-17(8-9-28(21)22(29)30)27-20-7-5-16(26)12-15(20)10-14-4-6-18(24)19(25)11-14/h4-7,11-12,17,21,27H,8-10,13H2,1-3H3,(H,29,30)/p-1. The van der Waals surface area contributed by atoms with Crippen molar-refractivity contribution >= 4 is 35.0 Å². The van der Waals surface area contributed by atoms with Gasteiger partial charge in [-0.3, -0.25) is 0 Å². The van der Waals surface area contributed by atoms with E-state index in [2.05, 4.69) is 5.32 Å². The van der Waals surface area contributed by atoms with Crippen molar-refractivity contribution in [3.8, 4) is 0 Å². The molecule has 2 atom stereocenters. The largest absolute Gasteiger partial charge is 0.530 e. The van der Waals surface area contributed by atoms with Gasteiger partial charge in [-0.25, -0.2) is 4.39 Å². The average Bonchev–Trinajstić information content (AvgIpc) is 2.66. The first-order valence-corrected chi connectivity index (χ1v) is 10.8. The Morgan fingerprint density at radius 3 is 2.57 bits per heavy atom. The van der Waals surface area contributed by atoms with Crippen molar-refractivity contribution < 1.29 is 14.3 Å². The van der Waals surface area contributed by atoms with Crippen molar-refractivity contribution in [1.82, 2.24) is 4.90 Å². The maximum absolute atomic E-state index is 14.0. The molecule has 2 aromatic carbocycles. The minimum atomic E-state index is -1.13. The zero-order chi connectivity index (χ0) is 22.1. The summed E-state index contributed by atoms with van der Waals surface area (Å²) in [5.41, 5.74) is 2.36. The number of piperidine rings is 1. The molecule has 3 rings (SSSR count). The van der Waals surface area contributed by atoms with E-state index < -0.39 is 6.09 Å². The highest BCUT2D eigenvalue weighted by atomic mass is 35.5. The maximum Gasteiger partial charge on any atom is 0.137 e. The molecule has 1 fully saturated rings. The number of carboxylic acid groups (broad SMARTS) is 1. The molecular formula is C23H26Cl2FN2O2-. The molecule has 0 spiro atoms. The summed E-state index contributed by atoms with van der Waals surface area (Å²) in [6, 6.07) is 9.98. The highest BCUT2D eigenvalue weighted by Crippen LogP contribution is 2.34. The summed E-state index contributed by atoms with van der Waals surface area (Å²) in [5, 5.41) is 16.0. The van der Waals surface area contributed by atoms with Crippen molar-refractivity contribution in [3.05, 3.63) is 63.4 Å². The van der Waals surface area contributed by atoms with E-state index in [9.17, 15) is 14.3 Å². The van der Waals surface area contributed by atoms with E-state index in [-0.39, 0.29) is 23.3 Å². The van der Waals surface area contributed by atoms with Crippen LogP contribution in [0.4, 0.5) is 14.9 Å². The van der Waals surface area contributed by atoms with Crippen molar-refractivity contribution in [2.45, 2.75) is 52.1 Å². The summed E-state index contributed by atoms with van der Waals surface area (Å²) in [6.45, 7) is 6.50. The summed E-state index contributed by atoms with van der Waals surface area (Å²) in [6.07, 6.45) is 0.679. The Morgan fingerprint density at radius 1 is 1.20 bits per heavy atom. The Labute approximate surface area is 187 Å². The van der Waals surface area contributed by atoms with Crippen LogP contribution >= 0.6 is 23.2 Å². The number of nitrogens with one attached hydrogen (secondary N) is 1. The van der Waals surface area contributed by atoms with Gasteiger partial charge in [0.25, 0.3) is 0 Å². The fourth-order valence-electron chi connectivity index (χ4n) is 4.07. The molecule has 30 heavy (non-hydrogen) atoms. The molecular weight excluding hydrogens is 426 g/mol. The van der Waals surface area contributed by atoms with Gasteiger partial charge in [-0.05, 0) is 66.1 Å². The number of benzene rings is 2. The number of hydrogen-bond acceptors (Lipinski definition) is 3. The molecule has 2 aromatic rings. The van der Waals surface area contributed by atoms with Gasteiger partial charge in [-0.1, -0.05) is 50.0 Å². The lowest BCUT2D eigenvalue weighted by Gasteiger charge is -2.47. The number of carbonyl (C=O) groups is 1. The van der Waals surface area contributed by atoms with E-state index in [0.717, 1.165) is 16.8 Å². The number of hydrogen-bond donors (Lipinski definition) is 1. The van der Waals surface area contributed by atoms with E-state index in [0.29, 0.717) is 35.9 Å². The van der Waals surface area contributed by atoms with Gasteiger partial charge in [0.05, 0.1) is 10.0 Å². The highest BCUT2D eigenvalue weighted by molar-refractivity contribution is 6.42. The predicted octanol–water partition coefficient (Wildman–Crippen LogP) is 5.36. The molecule has 0 bridgehead atoms. The van der Waals surface area contributed by atoms with Gasteiger partial charge >= 0.3 is 0 Å². The second-order valence-electron chi connectivity index (χ2n) is 8.93. The molecule has 0 aliphatic carbocycles. The molecule has 0 aromatic heterocycles. The maximum atomic E-state index is 14.0. The monoisotopic (exact) mass is 451 g/mol. The Morgan fingerprint density at radius 2 is 1.93 bits per heavy atom. The van der Waals surface area contributed by atoms with Gasteiger partial charge in [0.15, 0.2) is 0 Å². The van der Waals surface area contributed by atoms with Crippen LogP contribution in [0, 0.1) is 11.2 Å². The van der Waals surface area contributed by atoms with Crippen molar-refractivity contribution in [1.29, 1.82) is 0 Å². The van der Waals surface area contributed by atoms with Crippen LogP contribution in [0.2, 0.25) is 10.0 Å². The number of halogens is 3. The summed E-state index contributed by atoms with van der Waals surface area (Å²) < 4.78 is 14.0. The van der Waals surface area contributed by atoms with Crippen molar-refractivity contribution in [2.24, 2.45) is 5.41 Å². The predicted molar refractivity (Wildman–Crippen MR) is 118 cm³/mol. The molecule has 7 heteroatoms. The fourth-order valence-corrected chi connectivity index (χ4v) is 4.40. The van der Waals surface area contributed by atoms with Crippen LogP contribution < -0.4 is 10.4 Å². The first-order valence-electron chi connectivity index (χ1n) is 10.0. The summed E-state index contributed by atoms with van der Waals surface area (Å²) in [7, 11) is 0. The topological polar surface area (TPSA) is 55.4 Å². The smallest absolute Gasteiger partial charge is 0.137 e. The zero-order valence-corrected chi connectivity index (χ0v) is 18.9. The van der Waals surface area contributed by atoms with Gasteiger partial charge in [-0.2, -0.15) is 0 Å². The molecule has 162 valence electrons. The van der Waals surface area contributed by atoms with Crippen LogP contribution in [0.3, 0.4) is 0 Å². The quantitative estimate of drug-likeness (QED) is 0.680. The Hall–Kier alpha value is -1.98. The van der Waals surface area contributed by atoms with E-state index in [1.807, 2.05) is 26.8 Å². The fraction of sp³-hybridized carbons (Fsp3) is 0.435. The molecule has 1 amide bonds. The Bertz CT molecular complexity index is 930. The summed E-state index contributed by atoms with van der Waals surface area (Å²) in [4.78, 5) is 13.0.